The summed E-state index contributed by atoms with van der Waals surface area (Å²) in [6, 6.07) is 2.00. The molecule has 1 saturated carbocycles. The summed E-state index contributed by atoms with van der Waals surface area (Å²) in [7, 11) is 2.08. The van der Waals surface area contributed by atoms with Crippen molar-refractivity contribution in [2.24, 2.45) is 5.92 Å². The van der Waals surface area contributed by atoms with Gasteiger partial charge in [-0.2, -0.15) is 4.52 Å². The topological polar surface area (TPSA) is 55.5 Å². The quantitative estimate of drug-likeness (QED) is 0.555. The Balaban J connectivity index is 1.96. The van der Waals surface area contributed by atoms with Gasteiger partial charge in [0.15, 0.2) is 0 Å². The molecule has 22 heavy (non-hydrogen) atoms. The zero-order valence-electron chi connectivity index (χ0n) is 13.3. The van der Waals surface area contributed by atoms with Crippen molar-refractivity contribution in [3.63, 3.8) is 0 Å². The molecule has 0 bridgehead atoms. The van der Waals surface area contributed by atoms with Gasteiger partial charge in [-0.15, -0.1) is 15.3 Å². The average Bonchev–Trinajstić information content (AvgIpc) is 3.08. The third kappa shape index (κ3) is 3.31. The molecule has 3 rings (SSSR count). The Labute approximate surface area is 145 Å². The molecule has 0 atom stereocenters. The predicted octanol–water partition coefficient (Wildman–Crippen LogP) is 2.06. The van der Waals surface area contributed by atoms with E-state index in [1.807, 2.05) is 6.07 Å². The van der Waals surface area contributed by atoms with Crippen LogP contribution in [0.2, 0.25) is 0 Å². The SMILES string of the molecule is BN(CC(C)C)c1cc(OC2CCCC2)nn2c(I)nnc12. The van der Waals surface area contributed by atoms with Crippen LogP contribution in [0.15, 0.2) is 6.07 Å². The van der Waals surface area contributed by atoms with E-state index in [1.165, 1.54) is 12.8 Å². The summed E-state index contributed by atoms with van der Waals surface area (Å²) in [5, 5.41) is 13.0. The van der Waals surface area contributed by atoms with E-state index >= 15 is 0 Å². The molecule has 2 heterocycles. The number of rotatable bonds is 5. The van der Waals surface area contributed by atoms with Crippen molar-refractivity contribution in [3.8, 4) is 5.88 Å². The van der Waals surface area contributed by atoms with Gasteiger partial charge in [0, 0.05) is 35.2 Å². The molecule has 6 nitrogen and oxygen atoms in total. The lowest BCUT2D eigenvalue weighted by molar-refractivity contribution is 0.198. The fraction of sp³-hybridized carbons (Fsp3) is 0.643. The van der Waals surface area contributed by atoms with Gasteiger partial charge in [-0.25, -0.2) is 0 Å². The largest absolute Gasteiger partial charge is 0.473 e. The summed E-state index contributed by atoms with van der Waals surface area (Å²) in [5.41, 5.74) is 1.80. The Morgan fingerprint density at radius 1 is 1.41 bits per heavy atom. The molecule has 0 spiro atoms. The Hall–Kier alpha value is -1.06. The van der Waals surface area contributed by atoms with Crippen LogP contribution in [0, 0.1) is 9.75 Å². The molecular weight excluding hydrogens is 392 g/mol. The molecule has 0 radical (unpaired) electrons. The van der Waals surface area contributed by atoms with Crippen molar-refractivity contribution in [2.75, 3.05) is 11.4 Å². The van der Waals surface area contributed by atoms with Crippen LogP contribution < -0.4 is 9.55 Å². The van der Waals surface area contributed by atoms with Gasteiger partial charge in [-0.3, -0.25) is 0 Å². The second kappa shape index (κ2) is 6.60. The van der Waals surface area contributed by atoms with Crippen molar-refractivity contribution in [1.82, 2.24) is 19.8 Å². The van der Waals surface area contributed by atoms with Crippen LogP contribution in [0.4, 0.5) is 5.69 Å². The van der Waals surface area contributed by atoms with E-state index in [9.17, 15) is 0 Å². The summed E-state index contributed by atoms with van der Waals surface area (Å²) in [6.07, 6.45) is 5.03. The van der Waals surface area contributed by atoms with Gasteiger partial charge >= 0.3 is 0 Å². The first-order valence-corrected chi connectivity index (χ1v) is 8.92. The predicted molar refractivity (Wildman–Crippen MR) is 97.1 cm³/mol. The minimum absolute atomic E-state index is 0.294. The fourth-order valence-electron chi connectivity index (χ4n) is 2.98. The summed E-state index contributed by atoms with van der Waals surface area (Å²) in [5.74, 6) is 1.24. The molecule has 0 aromatic carbocycles. The van der Waals surface area contributed by atoms with Crippen molar-refractivity contribution in [2.45, 2.75) is 45.6 Å². The van der Waals surface area contributed by atoms with Gasteiger partial charge in [0.2, 0.25) is 23.3 Å². The van der Waals surface area contributed by atoms with Gasteiger partial charge in [0.1, 0.15) is 6.10 Å². The van der Waals surface area contributed by atoms with Gasteiger partial charge < -0.3 is 9.55 Å². The molecule has 2 aromatic rings. The Morgan fingerprint density at radius 3 is 2.82 bits per heavy atom. The molecule has 0 saturated heterocycles. The van der Waals surface area contributed by atoms with Crippen LogP contribution >= 0.6 is 22.6 Å². The van der Waals surface area contributed by atoms with Gasteiger partial charge in [0.25, 0.3) is 0 Å². The summed E-state index contributed by atoms with van der Waals surface area (Å²) < 4.78 is 8.61. The van der Waals surface area contributed by atoms with Crippen molar-refractivity contribution >= 4 is 41.9 Å². The molecule has 8 heteroatoms. The molecular formula is C14H21BIN5O. The number of halogens is 1. The normalized spacial score (nSPS) is 15.8. The number of hydrogen-bond donors (Lipinski definition) is 0. The number of ether oxygens (including phenoxy) is 1. The molecule has 0 amide bonds. The highest BCUT2D eigenvalue weighted by atomic mass is 127. The van der Waals surface area contributed by atoms with Crippen molar-refractivity contribution < 1.29 is 4.74 Å². The fourth-order valence-corrected chi connectivity index (χ4v) is 3.42. The molecule has 0 unspecified atom stereocenters. The molecule has 0 N–H and O–H groups in total. The molecule has 118 valence electrons. The van der Waals surface area contributed by atoms with Gasteiger partial charge in [-0.05, 0) is 31.6 Å². The summed E-state index contributed by atoms with van der Waals surface area (Å²) >= 11 is 2.15. The van der Waals surface area contributed by atoms with Gasteiger partial charge in [0.05, 0.1) is 5.69 Å². The zero-order valence-corrected chi connectivity index (χ0v) is 15.4. The molecule has 1 fully saturated rings. The number of aromatic nitrogens is 4. The van der Waals surface area contributed by atoms with E-state index in [2.05, 4.69) is 64.5 Å². The molecule has 1 aliphatic carbocycles. The van der Waals surface area contributed by atoms with E-state index in [0.717, 1.165) is 34.6 Å². The molecule has 2 aromatic heterocycles. The van der Waals surface area contributed by atoms with Crippen LogP contribution in [0.25, 0.3) is 5.65 Å². The lowest BCUT2D eigenvalue weighted by atomic mass is 10.1. The maximum atomic E-state index is 6.09. The van der Waals surface area contributed by atoms with Crippen LogP contribution in [0.5, 0.6) is 5.88 Å². The highest BCUT2D eigenvalue weighted by Gasteiger charge is 2.20. The zero-order chi connectivity index (χ0) is 15.7. The van der Waals surface area contributed by atoms with Gasteiger partial charge in [-0.1, -0.05) is 13.8 Å². The summed E-state index contributed by atoms with van der Waals surface area (Å²) in [4.78, 5) is 2.20. The third-order valence-corrected chi connectivity index (χ3v) is 4.60. The lowest BCUT2D eigenvalue weighted by Crippen LogP contribution is -2.25. The first-order valence-electron chi connectivity index (χ1n) is 7.84. The standard InChI is InChI=1S/C14H21BIN5O/c1-9(2)8-20(15)11-7-12(22-10-5-3-4-6-10)19-21-13(11)17-18-14(21)16/h7,9-10H,3-6,8,15H2,1-2H3. The number of hydrogen-bond acceptors (Lipinski definition) is 5. The second-order valence-electron chi connectivity index (χ2n) is 6.37. The molecule has 1 aliphatic rings. The van der Waals surface area contributed by atoms with E-state index in [0.29, 0.717) is 17.9 Å². The monoisotopic (exact) mass is 413 g/mol. The number of fused-ring (bicyclic) bond motifs is 1. The maximum absolute atomic E-state index is 6.09. The highest BCUT2D eigenvalue weighted by Crippen LogP contribution is 2.28. The van der Waals surface area contributed by atoms with Crippen molar-refractivity contribution in [3.05, 3.63) is 9.90 Å². The Bertz CT molecular complexity index is 656. The summed E-state index contributed by atoms with van der Waals surface area (Å²) in [6.45, 7) is 5.36. The maximum Gasteiger partial charge on any atom is 0.234 e. The lowest BCUT2D eigenvalue weighted by Gasteiger charge is -2.23. The van der Waals surface area contributed by atoms with Crippen LogP contribution in [-0.4, -0.2) is 40.4 Å². The van der Waals surface area contributed by atoms with Crippen LogP contribution in [-0.2, 0) is 0 Å². The Kier molecular flexibility index (Phi) is 4.74. The van der Waals surface area contributed by atoms with E-state index in [4.69, 9.17) is 4.74 Å². The smallest absolute Gasteiger partial charge is 0.234 e. The van der Waals surface area contributed by atoms with E-state index in [-0.39, 0.29) is 0 Å². The molecule has 0 aliphatic heterocycles. The Morgan fingerprint density at radius 2 is 2.14 bits per heavy atom. The first kappa shape index (κ1) is 15.8. The number of anilines is 1. The van der Waals surface area contributed by atoms with E-state index in [1.54, 1.807) is 4.52 Å². The minimum atomic E-state index is 0.294. The number of nitrogens with zero attached hydrogens (tertiary/aromatic N) is 5. The van der Waals surface area contributed by atoms with Crippen LogP contribution in [0.1, 0.15) is 39.5 Å². The average molecular weight is 413 g/mol. The van der Waals surface area contributed by atoms with Crippen molar-refractivity contribution in [1.29, 1.82) is 0 Å². The first-order chi connectivity index (χ1) is 10.5. The minimum Gasteiger partial charge on any atom is -0.473 e. The van der Waals surface area contributed by atoms with Crippen LogP contribution in [0.3, 0.4) is 0 Å². The third-order valence-electron chi connectivity index (χ3n) is 3.93. The van der Waals surface area contributed by atoms with E-state index < -0.39 is 0 Å². The highest BCUT2D eigenvalue weighted by molar-refractivity contribution is 14.1. The second-order valence-corrected chi connectivity index (χ2v) is 7.34.